The minimum Gasteiger partial charge on any atom is -0.314 e. The Morgan fingerprint density at radius 1 is 1.36 bits per heavy atom. The molecular weight excluding hydrogens is 134 g/mol. The number of nitrogens with one attached hydrogen (secondary N) is 1. The van der Waals surface area contributed by atoms with Gasteiger partial charge in [0.1, 0.15) is 0 Å². The fourth-order valence-corrected chi connectivity index (χ4v) is 2.30. The van der Waals surface area contributed by atoms with Gasteiger partial charge in [0.25, 0.3) is 0 Å². The van der Waals surface area contributed by atoms with E-state index < -0.39 is 0 Å². The van der Waals surface area contributed by atoms with Crippen LogP contribution < -0.4 is 5.32 Å². The van der Waals surface area contributed by atoms with Gasteiger partial charge in [0, 0.05) is 6.04 Å². The molecule has 0 radical (unpaired) electrons. The molecule has 1 aliphatic heterocycles. The summed E-state index contributed by atoms with van der Waals surface area (Å²) < 4.78 is 0. The molecule has 1 heterocycles. The van der Waals surface area contributed by atoms with Crippen LogP contribution in [0.15, 0.2) is 0 Å². The molecule has 1 saturated heterocycles. The van der Waals surface area contributed by atoms with Crippen molar-refractivity contribution >= 4 is 0 Å². The second-order valence-corrected chi connectivity index (χ2v) is 4.02. The summed E-state index contributed by atoms with van der Waals surface area (Å²) in [6.45, 7) is 8.20. The van der Waals surface area contributed by atoms with Gasteiger partial charge in [-0.1, -0.05) is 26.7 Å². The minimum absolute atomic E-state index is 0.671. The maximum absolute atomic E-state index is 3.51. The topological polar surface area (TPSA) is 12.0 Å². The van der Waals surface area contributed by atoms with Gasteiger partial charge < -0.3 is 5.32 Å². The first-order chi connectivity index (χ1) is 5.22. The average molecular weight is 155 g/mol. The van der Waals surface area contributed by atoms with E-state index in [1.54, 1.807) is 0 Å². The first kappa shape index (κ1) is 9.05. The Morgan fingerprint density at radius 2 is 2.00 bits per heavy atom. The highest BCUT2D eigenvalue weighted by atomic mass is 14.9. The number of hydrogen-bond donors (Lipinski definition) is 1. The van der Waals surface area contributed by atoms with Crippen LogP contribution in [0.25, 0.3) is 0 Å². The van der Waals surface area contributed by atoms with Gasteiger partial charge >= 0.3 is 0 Å². The van der Waals surface area contributed by atoms with Crippen molar-refractivity contribution in [3.63, 3.8) is 0 Å². The average Bonchev–Trinajstić information content (AvgIpc) is 2.04. The third-order valence-corrected chi connectivity index (χ3v) is 3.39. The van der Waals surface area contributed by atoms with Crippen molar-refractivity contribution in [2.75, 3.05) is 6.54 Å². The number of piperidine rings is 1. The lowest BCUT2D eigenvalue weighted by Crippen LogP contribution is -2.41. The molecule has 1 rings (SSSR count). The normalized spacial score (nSPS) is 30.3. The molecule has 1 unspecified atom stereocenters. The molecule has 66 valence electrons. The molecule has 0 aliphatic carbocycles. The van der Waals surface area contributed by atoms with E-state index in [-0.39, 0.29) is 0 Å². The van der Waals surface area contributed by atoms with Crippen LogP contribution in [0.2, 0.25) is 0 Å². The summed E-state index contributed by atoms with van der Waals surface area (Å²) in [6.07, 6.45) is 5.47. The number of hydrogen-bond acceptors (Lipinski definition) is 1. The first-order valence-corrected chi connectivity index (χ1v) is 4.96. The maximum Gasteiger partial charge on any atom is 0.00440 e. The number of rotatable bonds is 2. The van der Waals surface area contributed by atoms with Crippen LogP contribution in [-0.4, -0.2) is 12.6 Å². The first-order valence-electron chi connectivity index (χ1n) is 4.96. The Hall–Kier alpha value is -0.0400. The van der Waals surface area contributed by atoms with Crippen molar-refractivity contribution in [1.29, 1.82) is 0 Å². The third-order valence-electron chi connectivity index (χ3n) is 3.39. The Kier molecular flexibility index (Phi) is 2.94. The summed E-state index contributed by atoms with van der Waals surface area (Å²) >= 11 is 0. The Balaban J connectivity index is 2.52. The summed E-state index contributed by atoms with van der Waals surface area (Å²) in [4.78, 5) is 0. The molecule has 11 heavy (non-hydrogen) atoms. The predicted molar refractivity (Wildman–Crippen MR) is 49.7 cm³/mol. The highest BCUT2D eigenvalue weighted by Crippen LogP contribution is 2.37. The smallest absolute Gasteiger partial charge is 0.00440 e. The van der Waals surface area contributed by atoms with Gasteiger partial charge in [0.05, 0.1) is 0 Å². The monoisotopic (exact) mass is 155 g/mol. The molecule has 0 saturated carbocycles. The molecule has 1 fully saturated rings. The standard InChI is InChI=1S/C10H21N/c1-4-10(5-2)6-7-11-9(3)8-10/h9,11H,4-8H2,1-3H3. The van der Waals surface area contributed by atoms with E-state index >= 15 is 0 Å². The lowest BCUT2D eigenvalue weighted by atomic mass is 9.72. The Labute approximate surface area is 70.6 Å². The fourth-order valence-electron chi connectivity index (χ4n) is 2.30. The second kappa shape index (κ2) is 3.57. The van der Waals surface area contributed by atoms with E-state index in [0.717, 1.165) is 6.04 Å². The molecular formula is C10H21N. The zero-order chi connectivity index (χ0) is 8.32. The third kappa shape index (κ3) is 1.96. The largest absolute Gasteiger partial charge is 0.314 e. The van der Waals surface area contributed by atoms with Crippen LogP contribution in [0.1, 0.15) is 46.5 Å². The second-order valence-electron chi connectivity index (χ2n) is 4.02. The van der Waals surface area contributed by atoms with Gasteiger partial charge in [0.2, 0.25) is 0 Å². The van der Waals surface area contributed by atoms with Gasteiger partial charge in [-0.25, -0.2) is 0 Å². The lowest BCUT2D eigenvalue weighted by molar-refractivity contribution is 0.155. The van der Waals surface area contributed by atoms with Crippen LogP contribution in [0.5, 0.6) is 0 Å². The van der Waals surface area contributed by atoms with Crippen molar-refractivity contribution in [2.24, 2.45) is 5.41 Å². The summed E-state index contributed by atoms with van der Waals surface area (Å²) in [7, 11) is 0. The van der Waals surface area contributed by atoms with Crippen molar-refractivity contribution in [1.82, 2.24) is 5.32 Å². The summed E-state index contributed by atoms with van der Waals surface area (Å²) in [6, 6.07) is 0.739. The molecule has 1 atom stereocenters. The van der Waals surface area contributed by atoms with E-state index in [1.165, 1.54) is 32.2 Å². The van der Waals surface area contributed by atoms with Crippen LogP contribution in [-0.2, 0) is 0 Å². The zero-order valence-corrected chi connectivity index (χ0v) is 8.11. The maximum atomic E-state index is 3.51. The molecule has 0 aromatic carbocycles. The van der Waals surface area contributed by atoms with E-state index in [4.69, 9.17) is 0 Å². The van der Waals surface area contributed by atoms with Crippen LogP contribution in [0, 0.1) is 5.41 Å². The van der Waals surface area contributed by atoms with E-state index in [2.05, 4.69) is 26.1 Å². The molecule has 0 aromatic heterocycles. The Bertz CT molecular complexity index is 116. The van der Waals surface area contributed by atoms with Crippen molar-refractivity contribution < 1.29 is 0 Å². The van der Waals surface area contributed by atoms with Crippen LogP contribution in [0.3, 0.4) is 0 Å². The van der Waals surface area contributed by atoms with Crippen LogP contribution in [0.4, 0.5) is 0 Å². The van der Waals surface area contributed by atoms with Gasteiger partial charge in [-0.2, -0.15) is 0 Å². The molecule has 0 aromatic rings. The summed E-state index contributed by atoms with van der Waals surface area (Å²) in [5.74, 6) is 0. The van der Waals surface area contributed by atoms with Gasteiger partial charge in [-0.3, -0.25) is 0 Å². The van der Waals surface area contributed by atoms with E-state index in [9.17, 15) is 0 Å². The summed E-state index contributed by atoms with van der Waals surface area (Å²) in [5.41, 5.74) is 0.671. The van der Waals surface area contributed by atoms with Gasteiger partial charge in [-0.15, -0.1) is 0 Å². The molecule has 1 aliphatic rings. The highest BCUT2D eigenvalue weighted by Gasteiger charge is 2.30. The van der Waals surface area contributed by atoms with Gasteiger partial charge in [-0.05, 0) is 31.7 Å². The lowest BCUT2D eigenvalue weighted by Gasteiger charge is -2.39. The van der Waals surface area contributed by atoms with Crippen LogP contribution >= 0.6 is 0 Å². The SMILES string of the molecule is CCC1(CC)CCNC(C)C1. The van der Waals surface area contributed by atoms with Crippen molar-refractivity contribution in [3.05, 3.63) is 0 Å². The fraction of sp³-hybridized carbons (Fsp3) is 1.00. The molecule has 0 bridgehead atoms. The molecule has 1 N–H and O–H groups in total. The summed E-state index contributed by atoms with van der Waals surface area (Å²) in [5, 5.41) is 3.51. The molecule has 0 spiro atoms. The molecule has 1 nitrogen and oxygen atoms in total. The predicted octanol–water partition coefficient (Wildman–Crippen LogP) is 2.56. The minimum atomic E-state index is 0.671. The zero-order valence-electron chi connectivity index (χ0n) is 8.11. The van der Waals surface area contributed by atoms with Crippen molar-refractivity contribution in [2.45, 2.75) is 52.5 Å². The van der Waals surface area contributed by atoms with E-state index in [1.807, 2.05) is 0 Å². The molecule has 0 amide bonds. The Morgan fingerprint density at radius 3 is 2.36 bits per heavy atom. The quantitative estimate of drug-likeness (QED) is 0.646. The highest BCUT2D eigenvalue weighted by molar-refractivity contribution is 4.86. The van der Waals surface area contributed by atoms with Gasteiger partial charge in [0.15, 0.2) is 0 Å². The molecule has 1 heteroatoms. The van der Waals surface area contributed by atoms with Crippen molar-refractivity contribution in [3.8, 4) is 0 Å². The van der Waals surface area contributed by atoms with E-state index in [0.29, 0.717) is 5.41 Å².